The molecule has 0 aliphatic carbocycles. The quantitative estimate of drug-likeness (QED) is 0.749. The van der Waals surface area contributed by atoms with E-state index in [1.807, 2.05) is 12.1 Å². The van der Waals surface area contributed by atoms with Crippen LogP contribution in [-0.4, -0.2) is 36.5 Å². The van der Waals surface area contributed by atoms with Gasteiger partial charge in [0.05, 0.1) is 32.4 Å². The maximum Gasteiger partial charge on any atom is 0.255 e. The van der Waals surface area contributed by atoms with Crippen LogP contribution >= 0.6 is 11.6 Å². The Morgan fingerprint density at radius 2 is 1.96 bits per heavy atom. The molecule has 0 aliphatic rings. The number of hydrogen-bond acceptors (Lipinski definition) is 5. The number of fused-ring (bicyclic) bond motifs is 1. The van der Waals surface area contributed by atoms with Gasteiger partial charge in [-0.05, 0) is 19.1 Å². The molecule has 6 nitrogen and oxygen atoms in total. The van der Waals surface area contributed by atoms with Crippen molar-refractivity contribution in [2.24, 2.45) is 0 Å². The molecule has 1 heterocycles. The molecule has 0 fully saturated rings. The molecule has 2 rings (SSSR count). The van der Waals surface area contributed by atoms with Crippen molar-refractivity contribution in [2.75, 3.05) is 20.8 Å². The van der Waals surface area contributed by atoms with Crippen LogP contribution in [0, 0.1) is 0 Å². The van der Waals surface area contributed by atoms with E-state index in [2.05, 4.69) is 11.9 Å². The fourth-order valence-electron chi connectivity index (χ4n) is 2.64. The fraction of sp³-hybridized carbons (Fsp3) is 0.389. The Labute approximate surface area is 151 Å². The molecule has 0 saturated heterocycles. The van der Waals surface area contributed by atoms with Crippen LogP contribution in [0.1, 0.15) is 12.5 Å². The van der Waals surface area contributed by atoms with Crippen molar-refractivity contribution in [3.63, 3.8) is 0 Å². The predicted octanol–water partition coefficient (Wildman–Crippen LogP) is 2.24. The van der Waals surface area contributed by atoms with Gasteiger partial charge in [0, 0.05) is 35.1 Å². The highest BCUT2D eigenvalue weighted by Crippen LogP contribution is 2.32. The lowest BCUT2D eigenvalue weighted by Gasteiger charge is -2.16. The van der Waals surface area contributed by atoms with E-state index < -0.39 is 6.10 Å². The van der Waals surface area contributed by atoms with Crippen LogP contribution in [0.15, 0.2) is 34.6 Å². The topological polar surface area (TPSA) is 72.7 Å². The third-order valence-corrected chi connectivity index (χ3v) is 3.88. The molecule has 0 aliphatic heterocycles. The summed E-state index contributed by atoms with van der Waals surface area (Å²) in [5, 5.41) is 13.6. The third kappa shape index (κ3) is 4.54. The third-order valence-electron chi connectivity index (χ3n) is 3.76. The second kappa shape index (κ2) is 8.38. The van der Waals surface area contributed by atoms with E-state index in [1.165, 1.54) is 0 Å². The van der Waals surface area contributed by atoms with Crippen LogP contribution in [0.4, 0.5) is 0 Å². The largest absolute Gasteiger partial charge is 0.493 e. The first-order valence-electron chi connectivity index (χ1n) is 7.87. The number of benzene rings is 1. The average Bonchev–Trinajstić information content (AvgIpc) is 2.56. The van der Waals surface area contributed by atoms with Crippen molar-refractivity contribution >= 4 is 22.5 Å². The first-order valence-corrected chi connectivity index (χ1v) is 8.25. The Kier molecular flexibility index (Phi) is 6.47. The Balaban J connectivity index is 2.61. The van der Waals surface area contributed by atoms with Crippen LogP contribution in [0.5, 0.6) is 11.5 Å². The number of nitrogens with one attached hydrogen (secondary N) is 1. The number of aromatic nitrogens is 1. The average molecular weight is 367 g/mol. The standard InChI is InChI=1S/C18H23ClN2O4/c1-11(19)10-21-15-7-17(25-4)16(24-3)6-13(15)5-14(18(21)23)9-20-8-12(2)22/h5-7,12,20,22H,1,8-10H2,2-4H3. The van der Waals surface area contributed by atoms with Gasteiger partial charge >= 0.3 is 0 Å². The molecule has 0 radical (unpaired) electrons. The number of aliphatic hydroxyl groups excluding tert-OH is 1. The molecule has 1 aromatic heterocycles. The molecule has 1 atom stereocenters. The van der Waals surface area contributed by atoms with Gasteiger partial charge in [0.1, 0.15) is 0 Å². The Bertz CT molecular complexity index is 830. The minimum Gasteiger partial charge on any atom is -0.493 e. The van der Waals surface area contributed by atoms with E-state index in [4.69, 9.17) is 21.1 Å². The molecule has 1 unspecified atom stereocenters. The van der Waals surface area contributed by atoms with Crippen LogP contribution in [-0.2, 0) is 13.1 Å². The van der Waals surface area contributed by atoms with Gasteiger partial charge in [-0.15, -0.1) is 0 Å². The summed E-state index contributed by atoms with van der Waals surface area (Å²) >= 11 is 5.96. The number of nitrogens with zero attached hydrogens (tertiary/aromatic N) is 1. The minimum atomic E-state index is -0.491. The Morgan fingerprint density at radius 1 is 1.32 bits per heavy atom. The van der Waals surface area contributed by atoms with Crippen molar-refractivity contribution in [1.29, 1.82) is 0 Å². The number of rotatable bonds is 8. The number of pyridine rings is 1. The van der Waals surface area contributed by atoms with Crippen LogP contribution in [0.25, 0.3) is 10.9 Å². The molecule has 2 N–H and O–H groups in total. The minimum absolute atomic E-state index is 0.167. The molecule has 0 amide bonds. The molecule has 0 bridgehead atoms. The highest BCUT2D eigenvalue weighted by molar-refractivity contribution is 6.29. The molecular weight excluding hydrogens is 344 g/mol. The summed E-state index contributed by atoms with van der Waals surface area (Å²) in [6, 6.07) is 5.38. The summed E-state index contributed by atoms with van der Waals surface area (Å²) in [6.07, 6.45) is -0.491. The van der Waals surface area contributed by atoms with E-state index in [-0.39, 0.29) is 12.1 Å². The maximum atomic E-state index is 12.8. The second-order valence-corrected chi connectivity index (χ2v) is 6.36. The van der Waals surface area contributed by atoms with Gasteiger partial charge < -0.3 is 24.5 Å². The van der Waals surface area contributed by atoms with Gasteiger partial charge in [-0.1, -0.05) is 18.2 Å². The molecule has 2 aromatic rings. The van der Waals surface area contributed by atoms with Gasteiger partial charge in [0.25, 0.3) is 5.56 Å². The van der Waals surface area contributed by atoms with Crippen molar-refractivity contribution in [1.82, 2.24) is 9.88 Å². The lowest BCUT2D eigenvalue weighted by molar-refractivity contribution is 0.191. The second-order valence-electron chi connectivity index (χ2n) is 5.82. The van der Waals surface area contributed by atoms with Crippen molar-refractivity contribution in [3.05, 3.63) is 45.7 Å². The lowest BCUT2D eigenvalue weighted by Crippen LogP contribution is -2.30. The van der Waals surface area contributed by atoms with E-state index in [0.29, 0.717) is 40.7 Å². The molecule has 25 heavy (non-hydrogen) atoms. The number of hydrogen-bond donors (Lipinski definition) is 2. The Morgan fingerprint density at radius 3 is 2.52 bits per heavy atom. The van der Waals surface area contributed by atoms with E-state index in [0.717, 1.165) is 5.39 Å². The summed E-state index contributed by atoms with van der Waals surface area (Å²) in [4.78, 5) is 12.8. The van der Waals surface area contributed by atoms with Crippen LogP contribution in [0.2, 0.25) is 0 Å². The number of halogens is 1. The van der Waals surface area contributed by atoms with E-state index in [9.17, 15) is 9.90 Å². The molecular formula is C18H23ClN2O4. The highest BCUT2D eigenvalue weighted by Gasteiger charge is 2.14. The summed E-state index contributed by atoms with van der Waals surface area (Å²) in [5.41, 5.74) is 1.08. The van der Waals surface area contributed by atoms with Crippen molar-refractivity contribution in [2.45, 2.75) is 26.1 Å². The first kappa shape index (κ1) is 19.3. The maximum absolute atomic E-state index is 12.8. The number of allylic oxidation sites excluding steroid dienone is 1. The molecule has 136 valence electrons. The van der Waals surface area contributed by atoms with Gasteiger partial charge in [0.2, 0.25) is 0 Å². The summed E-state index contributed by atoms with van der Waals surface area (Å²) in [7, 11) is 3.10. The summed E-state index contributed by atoms with van der Waals surface area (Å²) in [6.45, 7) is 6.29. The lowest BCUT2D eigenvalue weighted by atomic mass is 10.1. The smallest absolute Gasteiger partial charge is 0.255 e. The summed E-state index contributed by atoms with van der Waals surface area (Å²) < 4.78 is 12.2. The van der Waals surface area contributed by atoms with Gasteiger partial charge in [-0.3, -0.25) is 4.79 Å². The zero-order valence-corrected chi connectivity index (χ0v) is 15.4. The van der Waals surface area contributed by atoms with Gasteiger partial charge in [0.15, 0.2) is 11.5 Å². The van der Waals surface area contributed by atoms with Gasteiger partial charge in [-0.25, -0.2) is 0 Å². The fourth-order valence-corrected chi connectivity index (χ4v) is 2.76. The zero-order chi connectivity index (χ0) is 18.6. The van der Waals surface area contributed by atoms with Crippen LogP contribution in [0.3, 0.4) is 0 Å². The predicted molar refractivity (Wildman–Crippen MR) is 99.7 cm³/mol. The highest BCUT2D eigenvalue weighted by atomic mass is 35.5. The molecule has 0 saturated carbocycles. The number of methoxy groups -OCH3 is 2. The normalized spacial score (nSPS) is 12.2. The number of ether oxygens (including phenoxy) is 2. The number of aliphatic hydroxyl groups is 1. The Hall–Kier alpha value is -2.02. The van der Waals surface area contributed by atoms with Crippen LogP contribution < -0.4 is 20.3 Å². The summed E-state index contributed by atoms with van der Waals surface area (Å²) in [5.74, 6) is 1.11. The molecule has 7 heteroatoms. The van der Waals surface area contributed by atoms with Gasteiger partial charge in [-0.2, -0.15) is 0 Å². The monoisotopic (exact) mass is 366 g/mol. The van der Waals surface area contributed by atoms with Crippen molar-refractivity contribution in [3.8, 4) is 11.5 Å². The van der Waals surface area contributed by atoms with E-state index >= 15 is 0 Å². The zero-order valence-electron chi connectivity index (χ0n) is 14.6. The molecule has 1 aromatic carbocycles. The van der Waals surface area contributed by atoms with Crippen molar-refractivity contribution < 1.29 is 14.6 Å². The first-order chi connectivity index (χ1) is 11.9. The molecule has 0 spiro atoms. The van der Waals surface area contributed by atoms with E-state index in [1.54, 1.807) is 31.8 Å². The SMILES string of the molecule is C=C(Cl)Cn1c(=O)c(CNCC(C)O)cc2cc(OC)c(OC)cc21.